The van der Waals surface area contributed by atoms with E-state index in [9.17, 15) is 9.90 Å². The molecule has 3 rings (SSSR count). The standard InChI is InChI=1S/C17H17NO2/c1-11-15(10-17(20)18-11)9-16(19)14-7-6-12-4-2-3-5-13(12)8-14/h2-8,10-11,16,19H,9H2,1H3,(H,18,20). The van der Waals surface area contributed by atoms with Gasteiger partial charge in [-0.15, -0.1) is 0 Å². The van der Waals surface area contributed by atoms with Crippen LogP contribution in [0.25, 0.3) is 10.8 Å². The summed E-state index contributed by atoms with van der Waals surface area (Å²) >= 11 is 0. The molecule has 0 radical (unpaired) electrons. The maximum Gasteiger partial charge on any atom is 0.244 e. The van der Waals surface area contributed by atoms with Crippen LogP contribution in [0.15, 0.2) is 54.1 Å². The molecule has 102 valence electrons. The highest BCUT2D eigenvalue weighted by Gasteiger charge is 2.22. The molecule has 0 saturated heterocycles. The lowest BCUT2D eigenvalue weighted by atomic mass is 9.97. The molecule has 1 aliphatic rings. The predicted molar refractivity (Wildman–Crippen MR) is 79.2 cm³/mol. The zero-order valence-electron chi connectivity index (χ0n) is 11.3. The lowest BCUT2D eigenvalue weighted by Crippen LogP contribution is -2.25. The third kappa shape index (κ3) is 2.45. The quantitative estimate of drug-likeness (QED) is 0.898. The number of rotatable bonds is 3. The first-order valence-corrected chi connectivity index (χ1v) is 6.81. The van der Waals surface area contributed by atoms with E-state index in [4.69, 9.17) is 0 Å². The van der Waals surface area contributed by atoms with Crippen molar-refractivity contribution in [3.05, 3.63) is 59.7 Å². The van der Waals surface area contributed by atoms with Crippen molar-refractivity contribution in [3.8, 4) is 0 Å². The number of hydrogen-bond acceptors (Lipinski definition) is 2. The molecule has 2 aromatic carbocycles. The summed E-state index contributed by atoms with van der Waals surface area (Å²) in [6.45, 7) is 1.93. The van der Waals surface area contributed by atoms with Gasteiger partial charge in [0.05, 0.1) is 6.10 Å². The van der Waals surface area contributed by atoms with E-state index in [-0.39, 0.29) is 11.9 Å². The Morgan fingerprint density at radius 3 is 2.65 bits per heavy atom. The fourth-order valence-electron chi connectivity index (χ4n) is 2.63. The van der Waals surface area contributed by atoms with Gasteiger partial charge in [-0.3, -0.25) is 4.79 Å². The Kier molecular flexibility index (Phi) is 3.28. The number of nitrogens with one attached hydrogen (secondary N) is 1. The molecule has 0 aliphatic carbocycles. The summed E-state index contributed by atoms with van der Waals surface area (Å²) in [5.74, 6) is -0.0711. The van der Waals surface area contributed by atoms with Crippen LogP contribution in [0.5, 0.6) is 0 Å². The normalized spacial score (nSPS) is 19.8. The zero-order valence-corrected chi connectivity index (χ0v) is 11.3. The molecule has 0 spiro atoms. The molecule has 20 heavy (non-hydrogen) atoms. The summed E-state index contributed by atoms with van der Waals surface area (Å²) in [6, 6.07) is 14.1. The van der Waals surface area contributed by atoms with E-state index in [1.165, 1.54) is 0 Å². The maximum absolute atomic E-state index is 11.3. The van der Waals surface area contributed by atoms with Crippen LogP contribution in [-0.4, -0.2) is 17.1 Å². The van der Waals surface area contributed by atoms with Crippen LogP contribution in [0.3, 0.4) is 0 Å². The Labute approximate surface area is 117 Å². The van der Waals surface area contributed by atoms with Crippen LogP contribution in [0, 0.1) is 0 Å². The third-order valence-corrected chi connectivity index (χ3v) is 3.82. The summed E-state index contributed by atoms with van der Waals surface area (Å²) in [4.78, 5) is 11.3. The molecule has 0 saturated carbocycles. The van der Waals surface area contributed by atoms with Gasteiger partial charge in [0.1, 0.15) is 0 Å². The summed E-state index contributed by atoms with van der Waals surface area (Å²) in [5, 5.41) is 15.5. The van der Waals surface area contributed by atoms with Crippen LogP contribution in [-0.2, 0) is 4.79 Å². The molecule has 0 aromatic heterocycles. The van der Waals surface area contributed by atoms with Gasteiger partial charge in [0, 0.05) is 18.5 Å². The van der Waals surface area contributed by atoms with Crippen LogP contribution in [0.1, 0.15) is 25.0 Å². The average molecular weight is 267 g/mol. The van der Waals surface area contributed by atoms with E-state index < -0.39 is 6.10 Å². The van der Waals surface area contributed by atoms with E-state index in [1.54, 1.807) is 6.08 Å². The number of fused-ring (bicyclic) bond motifs is 1. The summed E-state index contributed by atoms with van der Waals surface area (Å²) < 4.78 is 0. The third-order valence-electron chi connectivity index (χ3n) is 3.82. The van der Waals surface area contributed by atoms with Crippen molar-refractivity contribution in [2.45, 2.75) is 25.5 Å². The first-order chi connectivity index (χ1) is 9.63. The van der Waals surface area contributed by atoms with Gasteiger partial charge in [-0.05, 0) is 34.9 Å². The van der Waals surface area contributed by atoms with Crippen LogP contribution < -0.4 is 5.32 Å². The lowest BCUT2D eigenvalue weighted by Gasteiger charge is -2.15. The van der Waals surface area contributed by atoms with Gasteiger partial charge in [-0.25, -0.2) is 0 Å². The second kappa shape index (κ2) is 5.10. The van der Waals surface area contributed by atoms with Crippen LogP contribution in [0.4, 0.5) is 0 Å². The summed E-state index contributed by atoms with van der Waals surface area (Å²) in [7, 11) is 0. The van der Waals surface area contributed by atoms with Gasteiger partial charge < -0.3 is 10.4 Å². The van der Waals surface area contributed by atoms with Gasteiger partial charge in [0.25, 0.3) is 0 Å². The maximum atomic E-state index is 11.3. The Hall–Kier alpha value is -2.13. The molecule has 3 heteroatoms. The predicted octanol–water partition coefficient (Wildman–Crippen LogP) is 2.71. The van der Waals surface area contributed by atoms with E-state index >= 15 is 0 Å². The van der Waals surface area contributed by atoms with Gasteiger partial charge >= 0.3 is 0 Å². The Morgan fingerprint density at radius 2 is 1.95 bits per heavy atom. The van der Waals surface area contributed by atoms with Crippen molar-refractivity contribution < 1.29 is 9.90 Å². The van der Waals surface area contributed by atoms with Gasteiger partial charge in [-0.1, -0.05) is 36.4 Å². The molecule has 1 heterocycles. The van der Waals surface area contributed by atoms with Crippen LogP contribution in [0.2, 0.25) is 0 Å². The highest BCUT2D eigenvalue weighted by atomic mass is 16.3. The molecular formula is C17H17NO2. The molecule has 2 N–H and O–H groups in total. The van der Waals surface area contributed by atoms with E-state index in [0.29, 0.717) is 6.42 Å². The minimum atomic E-state index is -0.582. The van der Waals surface area contributed by atoms with Gasteiger partial charge in [0.15, 0.2) is 0 Å². The lowest BCUT2D eigenvalue weighted by molar-refractivity contribution is -0.116. The van der Waals surface area contributed by atoms with Crippen molar-refractivity contribution in [3.63, 3.8) is 0 Å². The van der Waals surface area contributed by atoms with E-state index in [2.05, 4.69) is 11.4 Å². The number of benzene rings is 2. The second-order valence-corrected chi connectivity index (χ2v) is 5.28. The Bertz CT molecular complexity index is 690. The first kappa shape index (κ1) is 12.9. The Balaban J connectivity index is 1.83. The van der Waals surface area contributed by atoms with Crippen molar-refractivity contribution >= 4 is 16.7 Å². The largest absolute Gasteiger partial charge is 0.388 e. The van der Waals surface area contributed by atoms with E-state index in [1.807, 2.05) is 43.3 Å². The average Bonchev–Trinajstić information content (AvgIpc) is 2.76. The molecule has 2 aromatic rings. The molecule has 1 amide bonds. The second-order valence-electron chi connectivity index (χ2n) is 5.28. The monoisotopic (exact) mass is 267 g/mol. The topological polar surface area (TPSA) is 49.3 Å². The van der Waals surface area contributed by atoms with Crippen molar-refractivity contribution in [1.82, 2.24) is 5.32 Å². The highest BCUT2D eigenvalue weighted by molar-refractivity contribution is 5.91. The molecule has 2 atom stereocenters. The highest BCUT2D eigenvalue weighted by Crippen LogP contribution is 2.27. The molecule has 3 nitrogen and oxygen atoms in total. The van der Waals surface area contributed by atoms with E-state index in [0.717, 1.165) is 21.9 Å². The first-order valence-electron chi connectivity index (χ1n) is 6.81. The molecular weight excluding hydrogens is 250 g/mol. The molecule has 0 bridgehead atoms. The van der Waals surface area contributed by atoms with Gasteiger partial charge in [0.2, 0.25) is 5.91 Å². The number of carbonyl (C=O) groups excluding carboxylic acids is 1. The van der Waals surface area contributed by atoms with Crippen molar-refractivity contribution in [1.29, 1.82) is 0 Å². The minimum absolute atomic E-state index is 0.0117. The van der Waals surface area contributed by atoms with Crippen LogP contribution >= 0.6 is 0 Å². The SMILES string of the molecule is CC1NC(=O)C=C1CC(O)c1ccc2ccccc2c1. The van der Waals surface area contributed by atoms with Gasteiger partial charge in [-0.2, -0.15) is 0 Å². The smallest absolute Gasteiger partial charge is 0.244 e. The number of amides is 1. The number of hydrogen-bond donors (Lipinski definition) is 2. The zero-order chi connectivity index (χ0) is 14.1. The fraction of sp³-hybridized carbons (Fsp3) is 0.235. The summed E-state index contributed by atoms with van der Waals surface area (Å²) in [5.41, 5.74) is 1.84. The number of aliphatic hydroxyl groups excluding tert-OH is 1. The molecule has 0 fully saturated rings. The fourth-order valence-corrected chi connectivity index (χ4v) is 2.63. The summed E-state index contributed by atoms with van der Waals surface area (Å²) in [6.07, 6.45) is 1.49. The number of aliphatic hydroxyl groups is 1. The number of carbonyl (C=O) groups is 1. The van der Waals surface area contributed by atoms with Crippen molar-refractivity contribution in [2.24, 2.45) is 0 Å². The molecule has 2 unspecified atom stereocenters. The molecule has 1 aliphatic heterocycles. The Morgan fingerprint density at radius 1 is 1.20 bits per heavy atom. The van der Waals surface area contributed by atoms with Crippen molar-refractivity contribution in [2.75, 3.05) is 0 Å². The minimum Gasteiger partial charge on any atom is -0.388 e.